The third-order valence-electron chi connectivity index (χ3n) is 4.08. The molecule has 0 saturated heterocycles. The van der Waals surface area contributed by atoms with Gasteiger partial charge in [-0.1, -0.05) is 11.6 Å². The minimum absolute atomic E-state index is 0.0461. The minimum atomic E-state index is -3.89. The molecular formula is C19H17ClFN3O4S. The van der Waals surface area contributed by atoms with Crippen molar-refractivity contribution in [2.24, 2.45) is 0 Å². The number of halogens is 2. The molecule has 0 bridgehead atoms. The van der Waals surface area contributed by atoms with Crippen molar-refractivity contribution in [3.63, 3.8) is 0 Å². The fourth-order valence-corrected chi connectivity index (χ4v) is 4.06. The van der Waals surface area contributed by atoms with E-state index in [2.05, 4.69) is 9.71 Å². The Bertz CT molecular complexity index is 1180. The predicted molar refractivity (Wildman–Crippen MR) is 107 cm³/mol. The maximum absolute atomic E-state index is 13.0. The van der Waals surface area contributed by atoms with Crippen molar-refractivity contribution in [1.29, 1.82) is 0 Å². The van der Waals surface area contributed by atoms with Crippen LogP contribution in [-0.2, 0) is 16.6 Å². The zero-order chi connectivity index (χ0) is 21.0. The van der Waals surface area contributed by atoms with Crippen molar-refractivity contribution in [3.05, 3.63) is 76.1 Å². The third-order valence-corrected chi connectivity index (χ3v) is 5.80. The van der Waals surface area contributed by atoms with E-state index in [9.17, 15) is 17.6 Å². The Hall–Kier alpha value is -2.75. The summed E-state index contributed by atoms with van der Waals surface area (Å²) in [5.41, 5.74) is 0.638. The maximum atomic E-state index is 13.0. The van der Waals surface area contributed by atoms with E-state index in [-0.39, 0.29) is 40.1 Å². The standard InChI is InChI=1S/C19H17ClFN3O4S/c1-28-17-7-4-14(20)10-18(17)29(26,27)23-8-9-24-12-22-16(11-19(24)25)13-2-5-15(21)6-3-13/h2-7,10-12,23H,8-9H2,1H3. The summed E-state index contributed by atoms with van der Waals surface area (Å²) in [6, 6.07) is 11.2. The molecular weight excluding hydrogens is 421 g/mol. The predicted octanol–water partition coefficient (Wildman–Crippen LogP) is 2.69. The lowest BCUT2D eigenvalue weighted by atomic mass is 10.1. The Labute approximate surface area is 171 Å². The first-order valence-corrected chi connectivity index (χ1v) is 10.3. The molecule has 10 heteroatoms. The molecule has 0 unspecified atom stereocenters. The highest BCUT2D eigenvalue weighted by molar-refractivity contribution is 7.89. The van der Waals surface area contributed by atoms with E-state index < -0.39 is 10.0 Å². The first-order valence-electron chi connectivity index (χ1n) is 8.46. The molecule has 0 saturated carbocycles. The Kier molecular flexibility index (Phi) is 6.31. The number of nitrogens with one attached hydrogen (secondary N) is 1. The van der Waals surface area contributed by atoms with Crippen LogP contribution in [0, 0.1) is 5.82 Å². The van der Waals surface area contributed by atoms with E-state index in [0.717, 1.165) is 0 Å². The van der Waals surface area contributed by atoms with Gasteiger partial charge in [-0.05, 0) is 42.5 Å². The summed E-state index contributed by atoms with van der Waals surface area (Å²) in [6.07, 6.45) is 1.31. The van der Waals surface area contributed by atoms with E-state index in [1.807, 2.05) is 0 Å². The molecule has 0 fully saturated rings. The lowest BCUT2D eigenvalue weighted by Crippen LogP contribution is -2.31. The van der Waals surface area contributed by atoms with Gasteiger partial charge < -0.3 is 4.74 Å². The molecule has 0 aliphatic heterocycles. The fraction of sp³-hybridized carbons (Fsp3) is 0.158. The van der Waals surface area contributed by atoms with Gasteiger partial charge in [-0.3, -0.25) is 9.36 Å². The number of rotatable bonds is 7. The van der Waals surface area contributed by atoms with Crippen LogP contribution in [0.4, 0.5) is 4.39 Å². The number of ether oxygens (including phenoxy) is 1. The summed E-state index contributed by atoms with van der Waals surface area (Å²) < 4.78 is 46.8. The third kappa shape index (κ3) is 5.00. The summed E-state index contributed by atoms with van der Waals surface area (Å²) in [5.74, 6) is -0.227. The number of sulfonamides is 1. The first kappa shape index (κ1) is 21.0. The van der Waals surface area contributed by atoms with Crippen LogP contribution in [0.2, 0.25) is 5.02 Å². The van der Waals surface area contributed by atoms with Gasteiger partial charge in [0.15, 0.2) is 0 Å². The normalized spacial score (nSPS) is 11.4. The van der Waals surface area contributed by atoms with Gasteiger partial charge in [0.1, 0.15) is 16.5 Å². The van der Waals surface area contributed by atoms with Crippen LogP contribution in [0.5, 0.6) is 5.75 Å². The van der Waals surface area contributed by atoms with Gasteiger partial charge in [-0.2, -0.15) is 0 Å². The summed E-state index contributed by atoms with van der Waals surface area (Å²) in [7, 11) is -2.54. The SMILES string of the molecule is COc1ccc(Cl)cc1S(=O)(=O)NCCn1cnc(-c2ccc(F)cc2)cc1=O. The molecule has 0 amide bonds. The van der Waals surface area contributed by atoms with E-state index in [4.69, 9.17) is 16.3 Å². The summed E-state index contributed by atoms with van der Waals surface area (Å²) in [4.78, 5) is 16.4. The topological polar surface area (TPSA) is 90.3 Å². The average molecular weight is 438 g/mol. The lowest BCUT2D eigenvalue weighted by molar-refractivity contribution is 0.402. The van der Waals surface area contributed by atoms with Crippen LogP contribution < -0.4 is 15.0 Å². The average Bonchev–Trinajstić information content (AvgIpc) is 2.69. The van der Waals surface area contributed by atoms with Crippen molar-refractivity contribution in [2.75, 3.05) is 13.7 Å². The Morgan fingerprint density at radius 2 is 1.90 bits per heavy atom. The molecule has 2 aromatic carbocycles. The smallest absolute Gasteiger partial charge is 0.253 e. The molecule has 1 aromatic heterocycles. The second kappa shape index (κ2) is 8.73. The van der Waals surface area contributed by atoms with Gasteiger partial charge >= 0.3 is 0 Å². The highest BCUT2D eigenvalue weighted by Gasteiger charge is 2.19. The molecule has 0 spiro atoms. The molecule has 0 aliphatic rings. The highest BCUT2D eigenvalue weighted by Crippen LogP contribution is 2.26. The van der Waals surface area contributed by atoms with Crippen LogP contribution in [0.15, 0.2) is 64.5 Å². The van der Waals surface area contributed by atoms with Crippen LogP contribution in [0.25, 0.3) is 11.3 Å². The zero-order valence-corrected chi connectivity index (χ0v) is 16.9. The molecule has 3 aromatic rings. The lowest BCUT2D eigenvalue weighted by Gasteiger charge is -2.12. The summed E-state index contributed by atoms with van der Waals surface area (Å²) in [5, 5.41) is 0.253. The largest absolute Gasteiger partial charge is 0.495 e. The minimum Gasteiger partial charge on any atom is -0.495 e. The van der Waals surface area contributed by atoms with Crippen molar-refractivity contribution in [1.82, 2.24) is 14.3 Å². The van der Waals surface area contributed by atoms with Crippen LogP contribution in [-0.4, -0.2) is 31.6 Å². The second-order valence-electron chi connectivity index (χ2n) is 6.01. The van der Waals surface area contributed by atoms with Gasteiger partial charge in [0, 0.05) is 29.7 Å². The molecule has 7 nitrogen and oxygen atoms in total. The van der Waals surface area contributed by atoms with E-state index in [1.54, 1.807) is 0 Å². The van der Waals surface area contributed by atoms with Crippen molar-refractivity contribution in [2.45, 2.75) is 11.4 Å². The Balaban J connectivity index is 1.71. The van der Waals surface area contributed by atoms with Crippen molar-refractivity contribution in [3.8, 4) is 17.0 Å². The van der Waals surface area contributed by atoms with E-state index in [1.165, 1.54) is 66.5 Å². The maximum Gasteiger partial charge on any atom is 0.253 e. The van der Waals surface area contributed by atoms with Gasteiger partial charge in [-0.25, -0.2) is 22.5 Å². The van der Waals surface area contributed by atoms with Gasteiger partial charge in [-0.15, -0.1) is 0 Å². The Morgan fingerprint density at radius 3 is 2.55 bits per heavy atom. The number of aromatic nitrogens is 2. The number of benzene rings is 2. The van der Waals surface area contributed by atoms with Crippen LogP contribution in [0.1, 0.15) is 0 Å². The Morgan fingerprint density at radius 1 is 1.17 bits per heavy atom. The summed E-state index contributed by atoms with van der Waals surface area (Å²) in [6.45, 7) is 0.0210. The number of nitrogens with zero attached hydrogens (tertiary/aromatic N) is 2. The number of methoxy groups -OCH3 is 1. The zero-order valence-electron chi connectivity index (χ0n) is 15.3. The van der Waals surface area contributed by atoms with E-state index in [0.29, 0.717) is 11.3 Å². The molecule has 29 heavy (non-hydrogen) atoms. The number of hydrogen-bond acceptors (Lipinski definition) is 5. The fourth-order valence-electron chi connectivity index (χ4n) is 2.61. The molecule has 1 N–H and O–H groups in total. The molecule has 0 aliphatic carbocycles. The summed E-state index contributed by atoms with van der Waals surface area (Å²) >= 11 is 5.88. The molecule has 3 rings (SSSR count). The van der Waals surface area contributed by atoms with Gasteiger partial charge in [0.25, 0.3) is 5.56 Å². The van der Waals surface area contributed by atoms with Crippen molar-refractivity contribution < 1.29 is 17.5 Å². The second-order valence-corrected chi connectivity index (χ2v) is 8.18. The molecule has 1 heterocycles. The number of hydrogen-bond donors (Lipinski definition) is 1. The first-order chi connectivity index (χ1) is 13.8. The highest BCUT2D eigenvalue weighted by atomic mass is 35.5. The van der Waals surface area contributed by atoms with Crippen LogP contribution >= 0.6 is 11.6 Å². The van der Waals surface area contributed by atoms with Crippen molar-refractivity contribution >= 4 is 21.6 Å². The van der Waals surface area contributed by atoms with Crippen LogP contribution in [0.3, 0.4) is 0 Å². The van der Waals surface area contributed by atoms with Gasteiger partial charge in [0.2, 0.25) is 10.0 Å². The van der Waals surface area contributed by atoms with E-state index >= 15 is 0 Å². The molecule has 0 atom stereocenters. The van der Waals surface area contributed by atoms with Gasteiger partial charge in [0.05, 0.1) is 19.1 Å². The monoisotopic (exact) mass is 437 g/mol. The molecule has 152 valence electrons. The molecule has 0 radical (unpaired) electrons. The quantitative estimate of drug-likeness (QED) is 0.613.